The average molecular weight is 363 g/mol. The molecule has 0 aliphatic carbocycles. The Morgan fingerprint density at radius 1 is 1.27 bits per heavy atom. The van der Waals surface area contributed by atoms with E-state index in [1.807, 2.05) is 32.0 Å². The first-order valence-electron chi connectivity index (χ1n) is 10.00. The second kappa shape index (κ2) is 11.1. The van der Waals surface area contributed by atoms with E-state index < -0.39 is 0 Å². The maximum absolute atomic E-state index is 12.2. The second-order valence-corrected chi connectivity index (χ2v) is 7.03. The van der Waals surface area contributed by atoms with E-state index in [0.717, 1.165) is 36.6 Å². The number of carbonyl (C=O) groups excluding carboxylic acids is 1. The Hall–Kier alpha value is -1.75. The van der Waals surface area contributed by atoms with Crippen LogP contribution in [-0.4, -0.2) is 38.8 Å². The van der Waals surface area contributed by atoms with Crippen LogP contribution in [0.3, 0.4) is 0 Å². The molecule has 1 aromatic carbocycles. The van der Waals surface area contributed by atoms with E-state index in [-0.39, 0.29) is 5.91 Å². The molecule has 1 heterocycles. The van der Waals surface area contributed by atoms with Gasteiger partial charge in [0, 0.05) is 13.0 Å². The van der Waals surface area contributed by atoms with Gasteiger partial charge in [-0.05, 0) is 75.7 Å². The molecule has 26 heavy (non-hydrogen) atoms. The van der Waals surface area contributed by atoms with Crippen LogP contribution in [0.15, 0.2) is 18.2 Å². The highest BCUT2D eigenvalue weighted by molar-refractivity contribution is 5.76. The van der Waals surface area contributed by atoms with E-state index in [1.165, 1.54) is 12.8 Å². The van der Waals surface area contributed by atoms with Crippen molar-refractivity contribution < 1.29 is 14.3 Å². The molecule has 5 heteroatoms. The lowest BCUT2D eigenvalue weighted by molar-refractivity contribution is -0.122. The molecule has 0 spiro atoms. The fraction of sp³-hybridized carbons (Fsp3) is 0.667. The number of carbonyl (C=O) groups is 1. The van der Waals surface area contributed by atoms with Crippen molar-refractivity contribution in [3.63, 3.8) is 0 Å². The number of piperidine rings is 1. The van der Waals surface area contributed by atoms with Gasteiger partial charge >= 0.3 is 0 Å². The van der Waals surface area contributed by atoms with Crippen molar-refractivity contribution in [3.8, 4) is 11.5 Å². The van der Waals surface area contributed by atoms with E-state index in [9.17, 15) is 4.79 Å². The molecule has 1 saturated heterocycles. The summed E-state index contributed by atoms with van der Waals surface area (Å²) in [6.07, 6.45) is 3.85. The van der Waals surface area contributed by atoms with Crippen molar-refractivity contribution in [2.75, 3.05) is 32.8 Å². The van der Waals surface area contributed by atoms with Crippen molar-refractivity contribution in [2.45, 2.75) is 46.5 Å². The lowest BCUT2D eigenvalue weighted by atomic mass is 9.85. The van der Waals surface area contributed by atoms with Gasteiger partial charge in [-0.25, -0.2) is 0 Å². The molecule has 2 N–H and O–H groups in total. The van der Waals surface area contributed by atoms with Gasteiger partial charge in [-0.15, -0.1) is 0 Å². The van der Waals surface area contributed by atoms with Crippen LogP contribution in [0.25, 0.3) is 0 Å². The monoisotopic (exact) mass is 362 g/mol. The molecule has 2 rings (SSSR count). The molecule has 2 unspecified atom stereocenters. The minimum Gasteiger partial charge on any atom is -0.490 e. The largest absolute Gasteiger partial charge is 0.490 e. The normalized spacial score (nSPS) is 18.2. The highest BCUT2D eigenvalue weighted by Gasteiger charge is 2.21. The first-order valence-corrected chi connectivity index (χ1v) is 10.00. The summed E-state index contributed by atoms with van der Waals surface area (Å²) in [4.78, 5) is 12.2. The zero-order chi connectivity index (χ0) is 18.8. The third kappa shape index (κ3) is 6.52. The number of amides is 1. The van der Waals surface area contributed by atoms with Crippen LogP contribution in [0.2, 0.25) is 0 Å². The highest BCUT2D eigenvalue weighted by Crippen LogP contribution is 2.28. The molecule has 2 atom stereocenters. The fourth-order valence-electron chi connectivity index (χ4n) is 3.49. The van der Waals surface area contributed by atoms with Crippen molar-refractivity contribution in [3.05, 3.63) is 23.8 Å². The molecule has 0 saturated carbocycles. The molecule has 0 bridgehead atoms. The van der Waals surface area contributed by atoms with E-state index in [4.69, 9.17) is 9.47 Å². The smallest absolute Gasteiger partial charge is 0.220 e. The summed E-state index contributed by atoms with van der Waals surface area (Å²) < 4.78 is 11.2. The molecule has 0 radical (unpaired) electrons. The summed E-state index contributed by atoms with van der Waals surface area (Å²) in [7, 11) is 0. The van der Waals surface area contributed by atoms with Gasteiger partial charge in [-0.3, -0.25) is 4.79 Å². The first-order chi connectivity index (χ1) is 12.6. The van der Waals surface area contributed by atoms with Gasteiger partial charge < -0.3 is 20.1 Å². The maximum atomic E-state index is 12.2. The minimum absolute atomic E-state index is 0.152. The van der Waals surface area contributed by atoms with Gasteiger partial charge in [0.25, 0.3) is 0 Å². The number of hydrogen-bond donors (Lipinski definition) is 2. The molecule has 0 aromatic heterocycles. The van der Waals surface area contributed by atoms with Crippen LogP contribution >= 0.6 is 0 Å². The molecule has 146 valence electrons. The Morgan fingerprint density at radius 3 is 2.73 bits per heavy atom. The van der Waals surface area contributed by atoms with Gasteiger partial charge in [-0.2, -0.15) is 0 Å². The Labute approximate surface area is 157 Å². The predicted molar refractivity (Wildman–Crippen MR) is 105 cm³/mol. The Bertz CT molecular complexity index is 556. The fourth-order valence-corrected chi connectivity index (χ4v) is 3.49. The second-order valence-electron chi connectivity index (χ2n) is 7.03. The molecular weight excluding hydrogens is 328 g/mol. The van der Waals surface area contributed by atoms with Crippen LogP contribution in [0, 0.1) is 11.8 Å². The summed E-state index contributed by atoms with van der Waals surface area (Å²) in [6.45, 7) is 10.1. The van der Waals surface area contributed by atoms with Crippen molar-refractivity contribution in [1.82, 2.24) is 10.6 Å². The standard InChI is InChI=1S/C21H34N2O3/c1-4-25-19-9-8-17(14-20(19)26-5-2)10-12-23-21(24)13-16(3)18-7-6-11-22-15-18/h8-9,14,16,18,22H,4-7,10-13,15H2,1-3H3,(H,23,24). The molecule has 1 fully saturated rings. The number of nitrogens with one attached hydrogen (secondary N) is 2. The van der Waals surface area contributed by atoms with Crippen molar-refractivity contribution in [2.24, 2.45) is 11.8 Å². The van der Waals surface area contributed by atoms with Crippen LogP contribution in [0.1, 0.15) is 45.6 Å². The zero-order valence-electron chi connectivity index (χ0n) is 16.5. The predicted octanol–water partition coefficient (Wildman–Crippen LogP) is 3.17. The number of hydrogen-bond acceptors (Lipinski definition) is 4. The average Bonchev–Trinajstić information content (AvgIpc) is 2.65. The topological polar surface area (TPSA) is 59.6 Å². The molecule has 1 aromatic rings. The van der Waals surface area contributed by atoms with E-state index in [1.54, 1.807) is 0 Å². The summed E-state index contributed by atoms with van der Waals surface area (Å²) >= 11 is 0. The van der Waals surface area contributed by atoms with Crippen molar-refractivity contribution in [1.29, 1.82) is 0 Å². The molecule has 5 nitrogen and oxygen atoms in total. The van der Waals surface area contributed by atoms with Crippen LogP contribution in [0.4, 0.5) is 0 Å². The Morgan fingerprint density at radius 2 is 2.04 bits per heavy atom. The van der Waals surface area contributed by atoms with Gasteiger partial charge in [-0.1, -0.05) is 13.0 Å². The Kier molecular flexibility index (Phi) is 8.75. The van der Waals surface area contributed by atoms with Gasteiger partial charge in [0.1, 0.15) is 0 Å². The summed E-state index contributed by atoms with van der Waals surface area (Å²) in [5, 5.41) is 6.49. The van der Waals surface area contributed by atoms with Crippen molar-refractivity contribution >= 4 is 5.91 Å². The number of rotatable bonds is 10. The number of benzene rings is 1. The van der Waals surface area contributed by atoms with E-state index >= 15 is 0 Å². The quantitative estimate of drug-likeness (QED) is 0.671. The third-order valence-electron chi connectivity index (χ3n) is 4.99. The Balaban J connectivity index is 1.77. The first kappa shape index (κ1) is 20.6. The highest BCUT2D eigenvalue weighted by atomic mass is 16.5. The molecule has 1 aliphatic heterocycles. The summed E-state index contributed by atoms with van der Waals surface area (Å²) in [6, 6.07) is 6.00. The van der Waals surface area contributed by atoms with Gasteiger partial charge in [0.05, 0.1) is 13.2 Å². The maximum Gasteiger partial charge on any atom is 0.220 e. The molecule has 1 aliphatic rings. The summed E-state index contributed by atoms with van der Waals surface area (Å²) in [5.41, 5.74) is 1.14. The minimum atomic E-state index is 0.152. The third-order valence-corrected chi connectivity index (χ3v) is 4.99. The summed E-state index contributed by atoms with van der Waals surface area (Å²) in [5.74, 6) is 2.75. The zero-order valence-corrected chi connectivity index (χ0v) is 16.5. The molecular formula is C21H34N2O3. The van der Waals surface area contributed by atoms with Gasteiger partial charge in [0.15, 0.2) is 11.5 Å². The van der Waals surface area contributed by atoms with Crippen LogP contribution in [0.5, 0.6) is 11.5 Å². The van der Waals surface area contributed by atoms with Crippen LogP contribution < -0.4 is 20.1 Å². The lowest BCUT2D eigenvalue weighted by Gasteiger charge is -2.28. The number of ether oxygens (including phenoxy) is 2. The van der Waals surface area contributed by atoms with Crippen LogP contribution in [-0.2, 0) is 11.2 Å². The lowest BCUT2D eigenvalue weighted by Crippen LogP contribution is -2.36. The van der Waals surface area contributed by atoms with Gasteiger partial charge in [0.2, 0.25) is 5.91 Å². The van der Waals surface area contributed by atoms with E-state index in [0.29, 0.717) is 38.0 Å². The SMILES string of the molecule is CCOc1ccc(CCNC(=O)CC(C)C2CCCNC2)cc1OCC. The van der Waals surface area contributed by atoms with E-state index in [2.05, 4.69) is 17.6 Å². The molecule has 1 amide bonds.